The summed E-state index contributed by atoms with van der Waals surface area (Å²) < 4.78 is 18.8. The lowest BCUT2D eigenvalue weighted by Crippen LogP contribution is -2.37. The predicted octanol–water partition coefficient (Wildman–Crippen LogP) is 4.45. The average molecular weight is 489 g/mol. The fraction of sp³-hybridized carbons (Fsp3) is 0.214. The molecule has 0 saturated carbocycles. The van der Waals surface area contributed by atoms with Gasteiger partial charge in [-0.2, -0.15) is 0 Å². The van der Waals surface area contributed by atoms with Crippen LogP contribution >= 0.6 is 0 Å². The first-order chi connectivity index (χ1) is 17.1. The molecule has 1 aliphatic rings. The van der Waals surface area contributed by atoms with Crippen LogP contribution in [0.25, 0.3) is 0 Å². The lowest BCUT2D eigenvalue weighted by atomic mass is 10.1. The number of fused-ring (bicyclic) bond motifs is 1. The molecule has 0 fully saturated rings. The van der Waals surface area contributed by atoms with Crippen molar-refractivity contribution in [3.63, 3.8) is 0 Å². The van der Waals surface area contributed by atoms with Crippen molar-refractivity contribution in [3.8, 4) is 0 Å². The van der Waals surface area contributed by atoms with Crippen LogP contribution < -0.4 is 4.90 Å². The Hall–Kier alpha value is -4.33. The average Bonchev–Trinajstić information content (AvgIpc) is 3.09. The number of hydrogen-bond donors (Lipinski definition) is 0. The second-order valence-corrected chi connectivity index (χ2v) is 8.87. The first-order valence-corrected chi connectivity index (χ1v) is 11.4. The molecule has 3 aromatic rings. The number of likely N-dealkylation sites (N-methyl/N-ethyl adjacent to an activating group) is 1. The maximum Gasteiger partial charge on any atom is 0.338 e. The summed E-state index contributed by atoms with van der Waals surface area (Å²) in [6, 6.07) is 15.5. The third-order valence-corrected chi connectivity index (χ3v) is 6.04. The molecule has 184 valence electrons. The van der Waals surface area contributed by atoms with E-state index in [2.05, 4.69) is 0 Å². The molecule has 0 spiro atoms. The Morgan fingerprint density at radius 1 is 0.972 bits per heavy atom. The molecule has 1 unspecified atom stereocenters. The van der Waals surface area contributed by atoms with Gasteiger partial charge in [0, 0.05) is 13.6 Å². The van der Waals surface area contributed by atoms with Crippen molar-refractivity contribution >= 4 is 29.4 Å². The van der Waals surface area contributed by atoms with E-state index in [1.54, 1.807) is 18.2 Å². The molecule has 1 atom stereocenters. The normalized spacial score (nSPS) is 13.4. The van der Waals surface area contributed by atoms with Crippen LogP contribution in [0.4, 0.5) is 10.1 Å². The summed E-state index contributed by atoms with van der Waals surface area (Å²) >= 11 is 0. The van der Waals surface area contributed by atoms with Gasteiger partial charge in [0.1, 0.15) is 5.82 Å². The zero-order valence-corrected chi connectivity index (χ0v) is 20.4. The van der Waals surface area contributed by atoms with Crippen LogP contribution in [-0.4, -0.2) is 41.7 Å². The van der Waals surface area contributed by atoms with Crippen LogP contribution in [0.3, 0.4) is 0 Å². The van der Waals surface area contributed by atoms with Gasteiger partial charge in [0.05, 0.1) is 22.4 Å². The number of ether oxygens (including phenoxy) is 1. The van der Waals surface area contributed by atoms with Gasteiger partial charge in [-0.15, -0.1) is 0 Å². The van der Waals surface area contributed by atoms with Crippen LogP contribution in [0.5, 0.6) is 0 Å². The molecule has 1 aliphatic heterocycles. The fourth-order valence-electron chi connectivity index (χ4n) is 4.12. The highest BCUT2D eigenvalue weighted by Crippen LogP contribution is 2.32. The van der Waals surface area contributed by atoms with Crippen LogP contribution in [0.1, 0.15) is 54.7 Å². The number of hydrogen-bond acceptors (Lipinski definition) is 5. The van der Waals surface area contributed by atoms with Crippen molar-refractivity contribution in [2.24, 2.45) is 0 Å². The topological polar surface area (TPSA) is 84.0 Å². The van der Waals surface area contributed by atoms with Crippen molar-refractivity contribution in [3.05, 3.63) is 99.9 Å². The third-order valence-electron chi connectivity index (χ3n) is 6.04. The number of carbonyl (C=O) groups is 4. The zero-order valence-electron chi connectivity index (χ0n) is 20.4. The molecule has 4 rings (SSSR count). The molecule has 3 amide bonds. The molecular formula is C28H25FN2O5. The van der Waals surface area contributed by atoms with Gasteiger partial charge in [0.2, 0.25) is 0 Å². The number of aryl methyl sites for hydroxylation is 2. The largest absolute Gasteiger partial charge is 0.449 e. The fourth-order valence-corrected chi connectivity index (χ4v) is 4.12. The van der Waals surface area contributed by atoms with Crippen molar-refractivity contribution in [1.29, 1.82) is 0 Å². The summed E-state index contributed by atoms with van der Waals surface area (Å²) in [5, 5.41) is 0. The molecule has 8 heteroatoms. The van der Waals surface area contributed by atoms with Crippen LogP contribution in [0.2, 0.25) is 0 Å². The van der Waals surface area contributed by atoms with Crippen LogP contribution in [-0.2, 0) is 16.1 Å². The van der Waals surface area contributed by atoms with E-state index in [1.807, 2.05) is 26.0 Å². The number of carbonyl (C=O) groups excluding carboxylic acids is 4. The standard InChI is InChI=1S/C28H25FN2O5/c1-16-8-9-17(2)24(12-16)31-26(33)22-11-10-20(14-23(22)27(31)34)28(35)36-18(3)25(32)30(4)15-19-6-5-7-21(29)13-19/h5-14,18H,15H2,1-4H3. The van der Waals surface area contributed by atoms with Crippen molar-refractivity contribution in [1.82, 2.24) is 4.90 Å². The Bertz CT molecular complexity index is 1400. The highest BCUT2D eigenvalue weighted by molar-refractivity contribution is 6.35. The zero-order chi connectivity index (χ0) is 26.1. The second-order valence-electron chi connectivity index (χ2n) is 8.87. The molecular weight excluding hydrogens is 463 g/mol. The number of benzene rings is 3. The molecule has 36 heavy (non-hydrogen) atoms. The summed E-state index contributed by atoms with van der Waals surface area (Å²) in [7, 11) is 1.53. The number of anilines is 1. The number of amides is 3. The van der Waals surface area contributed by atoms with Crippen molar-refractivity contribution in [2.45, 2.75) is 33.4 Å². The molecule has 0 radical (unpaired) electrons. The van der Waals surface area contributed by atoms with Gasteiger partial charge in [0.25, 0.3) is 17.7 Å². The van der Waals surface area contributed by atoms with E-state index >= 15 is 0 Å². The Morgan fingerprint density at radius 3 is 2.42 bits per heavy atom. The van der Waals surface area contributed by atoms with Gasteiger partial charge in [0.15, 0.2) is 6.10 Å². The summed E-state index contributed by atoms with van der Waals surface area (Å²) in [5.41, 5.74) is 3.09. The van der Waals surface area contributed by atoms with Gasteiger partial charge in [-0.1, -0.05) is 24.3 Å². The second kappa shape index (κ2) is 9.73. The lowest BCUT2D eigenvalue weighted by molar-refractivity contribution is -0.139. The molecule has 0 saturated heterocycles. The van der Waals surface area contributed by atoms with Crippen molar-refractivity contribution in [2.75, 3.05) is 11.9 Å². The molecule has 0 N–H and O–H groups in total. The van der Waals surface area contributed by atoms with E-state index in [9.17, 15) is 23.6 Å². The quantitative estimate of drug-likeness (QED) is 0.378. The van der Waals surface area contributed by atoms with Gasteiger partial charge < -0.3 is 9.64 Å². The van der Waals surface area contributed by atoms with E-state index in [0.717, 1.165) is 16.0 Å². The molecule has 3 aromatic carbocycles. The maximum atomic E-state index is 13.4. The van der Waals surface area contributed by atoms with E-state index in [1.165, 1.54) is 49.2 Å². The minimum Gasteiger partial charge on any atom is -0.449 e. The predicted molar refractivity (Wildman–Crippen MR) is 131 cm³/mol. The minimum absolute atomic E-state index is 0.0464. The number of esters is 1. The van der Waals surface area contributed by atoms with E-state index in [0.29, 0.717) is 11.3 Å². The molecule has 0 bridgehead atoms. The molecule has 7 nitrogen and oxygen atoms in total. The van der Waals surface area contributed by atoms with Gasteiger partial charge in [-0.25, -0.2) is 14.1 Å². The molecule has 1 heterocycles. The smallest absolute Gasteiger partial charge is 0.338 e. The number of nitrogens with zero attached hydrogens (tertiary/aromatic N) is 2. The van der Waals surface area contributed by atoms with E-state index in [4.69, 9.17) is 4.74 Å². The Labute approximate surface area is 208 Å². The SMILES string of the molecule is Cc1ccc(C)c(N2C(=O)c3ccc(C(=O)OC(C)C(=O)N(C)Cc4cccc(F)c4)cc3C2=O)c1. The Kier molecular flexibility index (Phi) is 6.70. The first kappa shape index (κ1) is 24.8. The summed E-state index contributed by atoms with van der Waals surface area (Å²) in [4.78, 5) is 54.0. The number of rotatable bonds is 6. The Balaban J connectivity index is 1.48. The first-order valence-electron chi connectivity index (χ1n) is 11.4. The van der Waals surface area contributed by atoms with Crippen LogP contribution in [0, 0.1) is 19.7 Å². The van der Waals surface area contributed by atoms with Gasteiger partial charge in [-0.05, 0) is 73.9 Å². The number of halogens is 1. The van der Waals surface area contributed by atoms with Crippen LogP contribution in [0.15, 0.2) is 60.7 Å². The van der Waals surface area contributed by atoms with Crippen molar-refractivity contribution < 1.29 is 28.3 Å². The monoisotopic (exact) mass is 488 g/mol. The summed E-state index contributed by atoms with van der Waals surface area (Å²) in [6.07, 6.45) is -1.12. The maximum absolute atomic E-state index is 13.4. The number of imide groups is 1. The van der Waals surface area contributed by atoms with E-state index < -0.39 is 35.6 Å². The Morgan fingerprint density at radius 2 is 1.69 bits per heavy atom. The van der Waals surface area contributed by atoms with E-state index in [-0.39, 0.29) is 23.2 Å². The summed E-state index contributed by atoms with van der Waals surface area (Å²) in [5.74, 6) is -2.68. The summed E-state index contributed by atoms with van der Waals surface area (Å²) in [6.45, 7) is 5.26. The minimum atomic E-state index is -1.12. The highest BCUT2D eigenvalue weighted by Gasteiger charge is 2.38. The van der Waals surface area contributed by atoms with Gasteiger partial charge >= 0.3 is 5.97 Å². The third kappa shape index (κ3) is 4.75. The highest BCUT2D eigenvalue weighted by atomic mass is 19.1. The molecule has 0 aliphatic carbocycles. The lowest BCUT2D eigenvalue weighted by Gasteiger charge is -2.21. The molecule has 0 aromatic heterocycles. The van der Waals surface area contributed by atoms with Gasteiger partial charge in [-0.3, -0.25) is 14.4 Å².